The van der Waals surface area contributed by atoms with E-state index in [0.29, 0.717) is 22.3 Å². The average Bonchev–Trinajstić information content (AvgIpc) is 2.79. The van der Waals surface area contributed by atoms with Crippen molar-refractivity contribution in [2.75, 3.05) is 5.75 Å². The van der Waals surface area contributed by atoms with Crippen LogP contribution in [0.5, 0.6) is 0 Å². The number of hydrogen-bond donors (Lipinski definition) is 1. The Morgan fingerprint density at radius 3 is 2.56 bits per heavy atom. The third-order valence-corrected chi connectivity index (χ3v) is 7.37. The van der Waals surface area contributed by atoms with Crippen molar-refractivity contribution in [3.63, 3.8) is 0 Å². The van der Waals surface area contributed by atoms with E-state index in [1.165, 1.54) is 18.2 Å². The molecule has 0 unspecified atom stereocenters. The van der Waals surface area contributed by atoms with Crippen LogP contribution in [0.15, 0.2) is 48.5 Å². The molecule has 3 rings (SSSR count). The van der Waals surface area contributed by atoms with Crippen molar-refractivity contribution in [2.24, 2.45) is 0 Å². The number of hydrogen-bond acceptors (Lipinski definition) is 3. The molecule has 0 heterocycles. The van der Waals surface area contributed by atoms with Crippen molar-refractivity contribution >= 4 is 46.8 Å². The van der Waals surface area contributed by atoms with Gasteiger partial charge in [-0.05, 0) is 49.1 Å². The predicted octanol–water partition coefficient (Wildman–Crippen LogP) is 6.09. The van der Waals surface area contributed by atoms with E-state index in [-0.39, 0.29) is 23.6 Å². The number of amides is 2. The summed E-state index contributed by atoms with van der Waals surface area (Å²) in [5.74, 6) is 0.739. The van der Waals surface area contributed by atoms with Gasteiger partial charge in [-0.15, -0.1) is 11.8 Å². The second-order valence-corrected chi connectivity index (χ2v) is 10.1. The van der Waals surface area contributed by atoms with E-state index in [1.54, 1.807) is 17.9 Å². The van der Waals surface area contributed by atoms with Gasteiger partial charge in [0.2, 0.25) is 11.8 Å². The van der Waals surface area contributed by atoms with Crippen LogP contribution in [-0.2, 0) is 21.9 Å². The largest absolute Gasteiger partial charge is 0.352 e. The van der Waals surface area contributed by atoms with E-state index >= 15 is 0 Å². The Bertz CT molecular complexity index is 918. The van der Waals surface area contributed by atoms with Crippen LogP contribution in [-0.4, -0.2) is 34.6 Å². The molecule has 2 amide bonds. The first kappa shape index (κ1) is 24.9. The summed E-state index contributed by atoms with van der Waals surface area (Å²) in [6.07, 6.45) is 5.53. The topological polar surface area (TPSA) is 49.4 Å². The summed E-state index contributed by atoms with van der Waals surface area (Å²) in [5.41, 5.74) is 1.90. The Morgan fingerprint density at radius 2 is 1.84 bits per heavy atom. The molecule has 1 fully saturated rings. The van der Waals surface area contributed by atoms with Crippen LogP contribution in [0.3, 0.4) is 0 Å². The lowest BCUT2D eigenvalue weighted by atomic mass is 9.95. The van der Waals surface area contributed by atoms with Gasteiger partial charge < -0.3 is 10.2 Å². The maximum Gasteiger partial charge on any atom is 0.242 e. The smallest absolute Gasteiger partial charge is 0.242 e. The standard InChI is InChI=1S/C25H30Cl2N2O2S/c1-18(25(31)28-22-11-3-2-4-12-22)29(15-19-8-7-10-21(26)14-19)24(30)17-32-16-20-9-5-6-13-23(20)27/h5-10,13-14,18,22H,2-4,11-12,15-17H2,1H3,(H,28,31)/t18-/m0/s1. The first-order chi connectivity index (χ1) is 15.4. The molecule has 1 aliphatic carbocycles. The molecule has 1 N–H and O–H groups in total. The van der Waals surface area contributed by atoms with Gasteiger partial charge in [-0.2, -0.15) is 0 Å². The molecule has 7 heteroatoms. The molecule has 1 saturated carbocycles. The number of benzene rings is 2. The maximum absolute atomic E-state index is 13.2. The number of carbonyl (C=O) groups is 2. The lowest BCUT2D eigenvalue weighted by molar-refractivity contribution is -0.139. The zero-order valence-corrected chi connectivity index (χ0v) is 20.7. The maximum atomic E-state index is 13.2. The van der Waals surface area contributed by atoms with E-state index in [2.05, 4.69) is 5.32 Å². The molecule has 1 atom stereocenters. The molecule has 0 radical (unpaired) electrons. The summed E-state index contributed by atoms with van der Waals surface area (Å²) >= 11 is 13.9. The third kappa shape index (κ3) is 7.43. The van der Waals surface area contributed by atoms with E-state index < -0.39 is 6.04 Å². The molecular weight excluding hydrogens is 463 g/mol. The molecule has 172 valence electrons. The first-order valence-corrected chi connectivity index (χ1v) is 13.0. The van der Waals surface area contributed by atoms with Gasteiger partial charge in [0.15, 0.2) is 0 Å². The predicted molar refractivity (Wildman–Crippen MR) is 134 cm³/mol. The van der Waals surface area contributed by atoms with Crippen molar-refractivity contribution in [3.8, 4) is 0 Å². The van der Waals surface area contributed by atoms with Gasteiger partial charge in [-0.25, -0.2) is 0 Å². The number of nitrogens with one attached hydrogen (secondary N) is 1. The molecule has 0 saturated heterocycles. The Kier molecular flexibility index (Phi) is 9.76. The third-order valence-electron chi connectivity index (χ3n) is 5.80. The van der Waals surface area contributed by atoms with Crippen molar-refractivity contribution in [3.05, 3.63) is 69.7 Å². The summed E-state index contributed by atoms with van der Waals surface area (Å²) < 4.78 is 0. The van der Waals surface area contributed by atoms with Crippen LogP contribution in [0.2, 0.25) is 10.0 Å². The highest BCUT2D eigenvalue weighted by Crippen LogP contribution is 2.22. The van der Waals surface area contributed by atoms with Crippen LogP contribution < -0.4 is 5.32 Å². The van der Waals surface area contributed by atoms with Crippen LogP contribution in [0.25, 0.3) is 0 Å². The molecule has 32 heavy (non-hydrogen) atoms. The Morgan fingerprint density at radius 1 is 1.09 bits per heavy atom. The molecule has 4 nitrogen and oxygen atoms in total. The summed E-state index contributed by atoms with van der Waals surface area (Å²) in [6, 6.07) is 14.7. The number of nitrogens with zero attached hydrogens (tertiary/aromatic N) is 1. The van der Waals surface area contributed by atoms with Gasteiger partial charge in [-0.1, -0.05) is 72.8 Å². The van der Waals surface area contributed by atoms with Crippen molar-refractivity contribution in [1.82, 2.24) is 10.2 Å². The first-order valence-electron chi connectivity index (χ1n) is 11.1. The normalized spacial score (nSPS) is 15.2. The van der Waals surface area contributed by atoms with Gasteiger partial charge in [-0.3, -0.25) is 9.59 Å². The van der Waals surface area contributed by atoms with Gasteiger partial charge >= 0.3 is 0 Å². The number of thioether (sulfide) groups is 1. The lowest BCUT2D eigenvalue weighted by Gasteiger charge is -2.31. The van der Waals surface area contributed by atoms with Gasteiger partial charge in [0.1, 0.15) is 6.04 Å². The monoisotopic (exact) mass is 492 g/mol. The Balaban J connectivity index is 1.66. The van der Waals surface area contributed by atoms with Gasteiger partial charge in [0, 0.05) is 28.4 Å². The molecule has 2 aromatic rings. The minimum Gasteiger partial charge on any atom is -0.352 e. The van der Waals surface area contributed by atoms with Crippen LogP contribution >= 0.6 is 35.0 Å². The molecule has 0 spiro atoms. The highest BCUT2D eigenvalue weighted by atomic mass is 35.5. The molecule has 0 aromatic heterocycles. The second kappa shape index (κ2) is 12.5. The minimum atomic E-state index is -0.565. The summed E-state index contributed by atoms with van der Waals surface area (Å²) in [6.45, 7) is 2.14. The van der Waals surface area contributed by atoms with Crippen LogP contribution in [0.1, 0.15) is 50.2 Å². The summed E-state index contributed by atoms with van der Waals surface area (Å²) in [7, 11) is 0. The fraction of sp³-hybridized carbons (Fsp3) is 0.440. The number of halogens is 2. The molecule has 2 aromatic carbocycles. The van der Waals surface area contributed by atoms with E-state index in [0.717, 1.165) is 36.8 Å². The highest BCUT2D eigenvalue weighted by Gasteiger charge is 2.28. The van der Waals surface area contributed by atoms with E-state index in [1.807, 2.05) is 42.5 Å². The zero-order valence-electron chi connectivity index (χ0n) is 18.4. The van der Waals surface area contributed by atoms with Crippen molar-refractivity contribution in [1.29, 1.82) is 0 Å². The van der Waals surface area contributed by atoms with E-state index in [4.69, 9.17) is 23.2 Å². The molecule has 0 bridgehead atoms. The molecule has 0 aliphatic heterocycles. The Labute approximate surface area is 205 Å². The van der Waals surface area contributed by atoms with E-state index in [9.17, 15) is 9.59 Å². The number of rotatable bonds is 9. The Hall–Kier alpha value is -1.69. The van der Waals surface area contributed by atoms with Crippen molar-refractivity contribution < 1.29 is 9.59 Å². The summed E-state index contributed by atoms with van der Waals surface area (Å²) in [4.78, 5) is 27.9. The van der Waals surface area contributed by atoms with Gasteiger partial charge in [0.25, 0.3) is 0 Å². The summed E-state index contributed by atoms with van der Waals surface area (Å²) in [5, 5.41) is 4.47. The molecular formula is C25H30Cl2N2O2S. The average molecular weight is 494 g/mol. The quantitative estimate of drug-likeness (QED) is 0.460. The fourth-order valence-corrected chi connectivity index (χ4v) is 5.34. The SMILES string of the molecule is C[C@@H](C(=O)NC1CCCCC1)N(Cc1cccc(Cl)c1)C(=O)CSCc1ccccc1Cl. The fourth-order valence-electron chi connectivity index (χ4n) is 3.93. The van der Waals surface area contributed by atoms with Crippen LogP contribution in [0.4, 0.5) is 0 Å². The molecule has 1 aliphatic rings. The zero-order chi connectivity index (χ0) is 22.9. The number of carbonyl (C=O) groups excluding carboxylic acids is 2. The second-order valence-electron chi connectivity index (χ2n) is 8.26. The van der Waals surface area contributed by atoms with Crippen molar-refractivity contribution in [2.45, 2.75) is 63.4 Å². The minimum absolute atomic E-state index is 0.0756. The highest BCUT2D eigenvalue weighted by molar-refractivity contribution is 7.99. The van der Waals surface area contributed by atoms with Gasteiger partial charge in [0.05, 0.1) is 5.75 Å². The van der Waals surface area contributed by atoms with Crippen LogP contribution in [0, 0.1) is 0 Å². The lowest BCUT2D eigenvalue weighted by Crippen LogP contribution is -2.50.